The molecule has 1 aliphatic rings. The van der Waals surface area contributed by atoms with E-state index < -0.39 is 10.4 Å². The Labute approximate surface area is 133 Å². The number of allylic oxidation sites excluding steroid dienone is 1. The molecule has 1 heterocycles. The lowest BCUT2D eigenvalue weighted by Crippen LogP contribution is -2.06. The zero-order chi connectivity index (χ0) is 16.8. The van der Waals surface area contributed by atoms with Crippen LogP contribution >= 0.6 is 0 Å². The van der Waals surface area contributed by atoms with Crippen LogP contribution in [0.15, 0.2) is 30.0 Å². The summed E-state index contributed by atoms with van der Waals surface area (Å²) in [6, 6.07) is 6.82. The lowest BCUT2D eigenvalue weighted by Gasteiger charge is -2.10. The molecule has 2 aromatic rings. The molecule has 0 saturated heterocycles. The van der Waals surface area contributed by atoms with Gasteiger partial charge in [0.2, 0.25) is 0 Å². The number of benzene rings is 1. The molecule has 3 N–H and O–H groups in total. The van der Waals surface area contributed by atoms with Gasteiger partial charge in [-0.1, -0.05) is 38.1 Å². The predicted octanol–water partition coefficient (Wildman–Crippen LogP) is 2.80. The third-order valence-corrected chi connectivity index (χ3v) is 3.94. The standard InChI is InChI=1S/C15H16N2O5S/c1-8(2)15-16-11-7-12(18)14(22-23(19,20)21)10-6-4-3-5-9(10)13(11)17-15/h3-6,8,18H,7H2,1-2H3,(H,16,17)(H,19,20,21). The average Bonchev–Trinajstić information content (AvgIpc) is 2.84. The highest BCUT2D eigenvalue weighted by Gasteiger charge is 2.28. The van der Waals surface area contributed by atoms with Crippen molar-refractivity contribution in [1.82, 2.24) is 9.97 Å². The van der Waals surface area contributed by atoms with Gasteiger partial charge in [-0.3, -0.25) is 4.55 Å². The van der Waals surface area contributed by atoms with Crippen molar-refractivity contribution in [3.8, 4) is 11.3 Å². The maximum absolute atomic E-state index is 11.1. The summed E-state index contributed by atoms with van der Waals surface area (Å²) in [5.74, 6) is 0.360. The first-order chi connectivity index (χ1) is 10.8. The molecular weight excluding hydrogens is 320 g/mol. The van der Waals surface area contributed by atoms with Gasteiger partial charge in [-0.2, -0.15) is 8.42 Å². The van der Waals surface area contributed by atoms with Crippen molar-refractivity contribution >= 4 is 16.2 Å². The summed E-state index contributed by atoms with van der Waals surface area (Å²) in [6.45, 7) is 3.99. The minimum atomic E-state index is -4.76. The van der Waals surface area contributed by atoms with E-state index in [2.05, 4.69) is 14.2 Å². The van der Waals surface area contributed by atoms with E-state index in [-0.39, 0.29) is 23.9 Å². The normalized spacial score (nSPS) is 14.4. The van der Waals surface area contributed by atoms with Gasteiger partial charge in [0, 0.05) is 17.0 Å². The molecule has 0 amide bonds. The fourth-order valence-electron chi connectivity index (χ4n) is 2.54. The Kier molecular flexibility index (Phi) is 3.65. The minimum Gasteiger partial charge on any atom is -0.508 e. The Morgan fingerprint density at radius 2 is 1.91 bits per heavy atom. The molecular formula is C15H16N2O5S. The number of H-pyrrole nitrogens is 1. The lowest BCUT2D eigenvalue weighted by molar-refractivity contribution is 0.340. The summed E-state index contributed by atoms with van der Waals surface area (Å²) in [4.78, 5) is 7.71. The van der Waals surface area contributed by atoms with Crippen LogP contribution in [0.3, 0.4) is 0 Å². The fourth-order valence-corrected chi connectivity index (χ4v) is 2.94. The molecule has 122 valence electrons. The van der Waals surface area contributed by atoms with E-state index >= 15 is 0 Å². The second kappa shape index (κ2) is 5.39. The summed E-state index contributed by atoms with van der Waals surface area (Å²) in [5, 5.41) is 10.3. The molecule has 0 bridgehead atoms. The van der Waals surface area contributed by atoms with Crippen molar-refractivity contribution in [1.29, 1.82) is 0 Å². The molecule has 1 aliphatic carbocycles. The largest absolute Gasteiger partial charge is 0.508 e. The van der Waals surface area contributed by atoms with Crippen LogP contribution in [-0.4, -0.2) is 28.0 Å². The molecule has 1 aromatic carbocycles. The number of rotatable bonds is 3. The van der Waals surface area contributed by atoms with Crippen LogP contribution in [0.4, 0.5) is 0 Å². The molecule has 0 saturated carbocycles. The summed E-state index contributed by atoms with van der Waals surface area (Å²) >= 11 is 0. The van der Waals surface area contributed by atoms with Crippen LogP contribution in [0, 0.1) is 0 Å². The summed E-state index contributed by atoms with van der Waals surface area (Å²) < 4.78 is 35.7. The van der Waals surface area contributed by atoms with Gasteiger partial charge in [-0.05, 0) is 0 Å². The van der Waals surface area contributed by atoms with Gasteiger partial charge in [-0.25, -0.2) is 4.98 Å². The van der Waals surface area contributed by atoms with E-state index in [1.807, 2.05) is 13.8 Å². The van der Waals surface area contributed by atoms with Gasteiger partial charge in [0.25, 0.3) is 0 Å². The molecule has 0 unspecified atom stereocenters. The van der Waals surface area contributed by atoms with Gasteiger partial charge in [-0.15, -0.1) is 0 Å². The molecule has 3 rings (SSSR count). The fraction of sp³-hybridized carbons (Fsp3) is 0.267. The highest BCUT2D eigenvalue weighted by atomic mass is 32.3. The highest BCUT2D eigenvalue weighted by Crippen LogP contribution is 2.37. The molecule has 0 fully saturated rings. The first kappa shape index (κ1) is 15.6. The second-order valence-corrected chi connectivity index (χ2v) is 6.64. The average molecular weight is 336 g/mol. The molecule has 23 heavy (non-hydrogen) atoms. The van der Waals surface area contributed by atoms with Gasteiger partial charge in [0.1, 0.15) is 11.6 Å². The van der Waals surface area contributed by atoms with Crippen molar-refractivity contribution in [3.63, 3.8) is 0 Å². The number of aliphatic hydroxyl groups excluding tert-OH is 1. The minimum absolute atomic E-state index is 0.0224. The Morgan fingerprint density at radius 1 is 1.26 bits per heavy atom. The topological polar surface area (TPSA) is 113 Å². The molecule has 0 spiro atoms. The molecule has 0 aliphatic heterocycles. The summed E-state index contributed by atoms with van der Waals surface area (Å²) in [7, 11) is -4.76. The van der Waals surface area contributed by atoms with Crippen LogP contribution in [0.1, 0.15) is 36.8 Å². The molecule has 7 nitrogen and oxygen atoms in total. The summed E-state index contributed by atoms with van der Waals surface area (Å²) in [5.41, 5.74) is 2.26. The van der Waals surface area contributed by atoms with Gasteiger partial charge >= 0.3 is 10.4 Å². The van der Waals surface area contributed by atoms with Crippen molar-refractivity contribution in [3.05, 3.63) is 47.1 Å². The number of aromatic nitrogens is 2. The van der Waals surface area contributed by atoms with Crippen LogP contribution in [-0.2, 0) is 21.0 Å². The lowest BCUT2D eigenvalue weighted by atomic mass is 10.0. The smallest absolute Gasteiger partial charge is 0.446 e. The third kappa shape index (κ3) is 2.95. The number of hydrogen-bond acceptors (Lipinski definition) is 5. The van der Waals surface area contributed by atoms with Crippen LogP contribution < -0.4 is 0 Å². The Balaban J connectivity index is 2.23. The van der Waals surface area contributed by atoms with Gasteiger partial charge < -0.3 is 14.3 Å². The third-order valence-electron chi connectivity index (χ3n) is 3.57. The zero-order valence-corrected chi connectivity index (χ0v) is 13.4. The monoisotopic (exact) mass is 336 g/mol. The first-order valence-corrected chi connectivity index (χ1v) is 8.40. The van der Waals surface area contributed by atoms with E-state index in [0.29, 0.717) is 22.5 Å². The van der Waals surface area contributed by atoms with Crippen LogP contribution in [0.25, 0.3) is 17.0 Å². The maximum Gasteiger partial charge on any atom is 0.446 e. The Bertz CT molecular complexity index is 896. The van der Waals surface area contributed by atoms with Crippen molar-refractivity contribution in [2.75, 3.05) is 0 Å². The quantitative estimate of drug-likeness (QED) is 0.743. The SMILES string of the molecule is CC(C)c1nc2c([nH]1)CC(O)=C(OS(=O)(=O)O)c1ccccc1-2. The molecule has 0 radical (unpaired) electrons. The van der Waals surface area contributed by atoms with Crippen LogP contribution in [0.5, 0.6) is 0 Å². The van der Waals surface area contributed by atoms with Crippen LogP contribution in [0.2, 0.25) is 0 Å². The van der Waals surface area contributed by atoms with Gasteiger partial charge in [0.15, 0.2) is 5.76 Å². The van der Waals surface area contributed by atoms with E-state index in [4.69, 9.17) is 4.55 Å². The number of nitrogens with zero attached hydrogens (tertiary/aromatic N) is 1. The molecule has 8 heteroatoms. The van der Waals surface area contributed by atoms with E-state index in [1.54, 1.807) is 24.3 Å². The van der Waals surface area contributed by atoms with Crippen molar-refractivity contribution in [2.24, 2.45) is 0 Å². The maximum atomic E-state index is 11.1. The Hall–Kier alpha value is -2.32. The summed E-state index contributed by atoms with van der Waals surface area (Å²) in [6.07, 6.45) is 0.0224. The first-order valence-electron chi connectivity index (χ1n) is 7.04. The van der Waals surface area contributed by atoms with E-state index in [0.717, 1.165) is 5.82 Å². The second-order valence-electron chi connectivity index (χ2n) is 5.61. The number of fused-ring (bicyclic) bond motifs is 3. The van der Waals surface area contributed by atoms with Crippen molar-refractivity contribution < 1.29 is 22.3 Å². The van der Waals surface area contributed by atoms with E-state index in [9.17, 15) is 13.5 Å². The number of hydrogen-bond donors (Lipinski definition) is 3. The van der Waals surface area contributed by atoms with Crippen molar-refractivity contribution in [2.45, 2.75) is 26.2 Å². The molecule has 1 aromatic heterocycles. The number of imidazole rings is 1. The molecule has 0 atom stereocenters. The zero-order valence-electron chi connectivity index (χ0n) is 12.6. The number of aromatic amines is 1. The number of nitrogens with one attached hydrogen (secondary N) is 1. The number of aliphatic hydroxyl groups is 1. The van der Waals surface area contributed by atoms with Gasteiger partial charge in [0.05, 0.1) is 17.8 Å². The predicted molar refractivity (Wildman–Crippen MR) is 84.0 cm³/mol. The van der Waals surface area contributed by atoms with E-state index in [1.165, 1.54) is 0 Å². The Morgan fingerprint density at radius 3 is 2.52 bits per heavy atom. The highest BCUT2D eigenvalue weighted by molar-refractivity contribution is 7.81.